The summed E-state index contributed by atoms with van der Waals surface area (Å²) in [6, 6.07) is 2.69. The van der Waals surface area contributed by atoms with Crippen LogP contribution in [0, 0.1) is 0 Å². The molecule has 0 radical (unpaired) electrons. The van der Waals surface area contributed by atoms with Crippen LogP contribution in [0.15, 0.2) is 24.7 Å². The van der Waals surface area contributed by atoms with Crippen molar-refractivity contribution in [2.24, 2.45) is 0 Å². The molecule has 0 saturated carbocycles. The summed E-state index contributed by atoms with van der Waals surface area (Å²) in [5.74, 6) is -2.84. The number of halogens is 3. The normalized spacial score (nSPS) is 16.2. The molecule has 0 bridgehead atoms. The average molecular weight is 474 g/mol. The number of amides is 1. The second kappa shape index (κ2) is 11.8. The number of methoxy groups -OCH3 is 1. The van der Waals surface area contributed by atoms with Crippen molar-refractivity contribution in [1.29, 1.82) is 0 Å². The van der Waals surface area contributed by atoms with Crippen LogP contribution in [-0.2, 0) is 27.4 Å². The second-order valence-corrected chi connectivity index (χ2v) is 7.89. The molecule has 2 aromatic rings. The van der Waals surface area contributed by atoms with Crippen LogP contribution in [0.4, 0.5) is 13.2 Å². The van der Waals surface area contributed by atoms with Crippen LogP contribution in [0.5, 0.6) is 0 Å². The number of ether oxygens (including phenoxy) is 1. The number of carboxylic acids is 1. The van der Waals surface area contributed by atoms with Crippen molar-refractivity contribution in [3.63, 3.8) is 0 Å². The second-order valence-electron chi connectivity index (χ2n) is 7.89. The molecule has 3 heterocycles. The smallest absolute Gasteiger partial charge is 0.475 e. The molecule has 1 aliphatic heterocycles. The fourth-order valence-corrected chi connectivity index (χ4v) is 3.36. The van der Waals surface area contributed by atoms with E-state index < -0.39 is 12.1 Å². The highest BCUT2D eigenvalue weighted by Crippen LogP contribution is 2.24. The van der Waals surface area contributed by atoms with Crippen LogP contribution >= 0.6 is 0 Å². The number of hydrogen-bond donors (Lipinski definition) is 2. The maximum atomic E-state index is 11.6. The van der Waals surface area contributed by atoms with Gasteiger partial charge in [-0.05, 0) is 26.3 Å². The van der Waals surface area contributed by atoms with Crippen molar-refractivity contribution in [1.82, 2.24) is 29.8 Å². The van der Waals surface area contributed by atoms with Crippen LogP contribution in [0.25, 0.3) is 0 Å². The van der Waals surface area contributed by atoms with Gasteiger partial charge in [-0.25, -0.2) is 4.79 Å². The maximum Gasteiger partial charge on any atom is 0.490 e. The Bertz CT molecular complexity index is 912. The quantitative estimate of drug-likeness (QED) is 0.602. The number of carboxylic acid groups (broad SMARTS) is 1. The first-order valence-corrected chi connectivity index (χ1v) is 10.3. The molecule has 3 rings (SSSR count). The van der Waals surface area contributed by atoms with Gasteiger partial charge in [-0.15, -0.1) is 0 Å². The number of hydrogen-bond acceptors (Lipinski definition) is 6. The first-order chi connectivity index (χ1) is 15.5. The Morgan fingerprint density at radius 1 is 1.33 bits per heavy atom. The minimum atomic E-state index is -5.08. The number of carbonyl (C=O) groups excluding carboxylic acids is 1. The molecular formula is C20H29F3N6O4. The zero-order valence-corrected chi connectivity index (χ0v) is 18.7. The van der Waals surface area contributed by atoms with Gasteiger partial charge in [-0.2, -0.15) is 23.4 Å². The molecule has 0 aromatic carbocycles. The lowest BCUT2D eigenvalue weighted by atomic mass is 10.1. The highest BCUT2D eigenvalue weighted by atomic mass is 19.4. The molecule has 0 saturated heterocycles. The Hall–Kier alpha value is -2.93. The van der Waals surface area contributed by atoms with Crippen molar-refractivity contribution in [2.45, 2.75) is 51.6 Å². The summed E-state index contributed by atoms with van der Waals surface area (Å²) in [5.41, 5.74) is 2.43. The predicted octanol–water partition coefficient (Wildman–Crippen LogP) is 2.00. The molecule has 0 aliphatic carbocycles. The van der Waals surface area contributed by atoms with E-state index in [2.05, 4.69) is 51.2 Å². The summed E-state index contributed by atoms with van der Waals surface area (Å²) in [4.78, 5) is 22.9. The zero-order valence-electron chi connectivity index (χ0n) is 18.7. The van der Waals surface area contributed by atoms with Crippen molar-refractivity contribution in [3.8, 4) is 0 Å². The van der Waals surface area contributed by atoms with E-state index in [0.29, 0.717) is 12.6 Å². The van der Waals surface area contributed by atoms with Gasteiger partial charge in [0, 0.05) is 57.3 Å². The molecule has 33 heavy (non-hydrogen) atoms. The Labute approximate surface area is 189 Å². The van der Waals surface area contributed by atoms with E-state index in [1.807, 2.05) is 17.1 Å². The van der Waals surface area contributed by atoms with Gasteiger partial charge in [0.15, 0.2) is 0 Å². The Morgan fingerprint density at radius 2 is 2.03 bits per heavy atom. The lowest BCUT2D eigenvalue weighted by Gasteiger charge is -2.33. The molecule has 13 heteroatoms. The Balaban J connectivity index is 0.000000479. The molecule has 0 spiro atoms. The molecule has 1 unspecified atom stereocenters. The van der Waals surface area contributed by atoms with Crippen LogP contribution < -0.4 is 5.32 Å². The first kappa shape index (κ1) is 26.3. The summed E-state index contributed by atoms with van der Waals surface area (Å²) < 4.78 is 40.7. The topological polar surface area (TPSA) is 115 Å². The number of aliphatic carboxylic acids is 1. The lowest BCUT2D eigenvalue weighted by Crippen LogP contribution is -2.39. The van der Waals surface area contributed by atoms with Crippen LogP contribution in [-0.4, -0.2) is 74.4 Å². The molecule has 0 fully saturated rings. The van der Waals surface area contributed by atoms with E-state index in [9.17, 15) is 18.0 Å². The standard InChI is InChI=1S/C18H28N6O2.C2HF3O2/c1-14(2)23-10-15(8-21-23)9-22-11-16(4-6-19-18(25)13-26-3)24-17(12-22)5-7-20-24;3-2(4,5)1(6)7/h5,7-8,10,14,16H,4,6,9,11-13H2,1-3H3,(H,19,25);(H,6,7). The number of carbonyl (C=O) groups is 2. The number of alkyl halides is 3. The third kappa shape index (κ3) is 8.17. The number of nitrogens with one attached hydrogen (secondary N) is 1. The van der Waals surface area contributed by atoms with Crippen LogP contribution in [0.3, 0.4) is 0 Å². The molecule has 1 atom stereocenters. The summed E-state index contributed by atoms with van der Waals surface area (Å²) in [6.07, 6.45) is 1.68. The minimum Gasteiger partial charge on any atom is -0.475 e. The summed E-state index contributed by atoms with van der Waals surface area (Å²) >= 11 is 0. The number of nitrogens with zero attached hydrogens (tertiary/aromatic N) is 5. The molecular weight excluding hydrogens is 445 g/mol. The minimum absolute atomic E-state index is 0.0815. The van der Waals surface area contributed by atoms with E-state index in [1.54, 1.807) is 0 Å². The third-order valence-corrected chi connectivity index (χ3v) is 4.86. The van der Waals surface area contributed by atoms with Gasteiger partial charge in [0.25, 0.3) is 0 Å². The van der Waals surface area contributed by atoms with Gasteiger partial charge < -0.3 is 15.2 Å². The Kier molecular flexibility index (Phi) is 9.41. The van der Waals surface area contributed by atoms with Gasteiger partial charge in [-0.1, -0.05) is 0 Å². The number of fused-ring (bicyclic) bond motifs is 1. The molecule has 10 nitrogen and oxygen atoms in total. The lowest BCUT2D eigenvalue weighted by molar-refractivity contribution is -0.192. The fraction of sp³-hybridized carbons (Fsp3) is 0.600. The SMILES string of the molecule is COCC(=O)NCCC1CN(Cc2cnn(C(C)C)c2)Cc2ccnn21.O=C(O)C(F)(F)F. The van der Waals surface area contributed by atoms with E-state index >= 15 is 0 Å². The van der Waals surface area contributed by atoms with Crippen LogP contribution in [0.2, 0.25) is 0 Å². The monoisotopic (exact) mass is 474 g/mol. The summed E-state index contributed by atoms with van der Waals surface area (Å²) in [7, 11) is 1.52. The van der Waals surface area contributed by atoms with Gasteiger partial charge in [0.1, 0.15) is 6.61 Å². The van der Waals surface area contributed by atoms with Crippen molar-refractivity contribution in [3.05, 3.63) is 35.9 Å². The predicted molar refractivity (Wildman–Crippen MR) is 111 cm³/mol. The van der Waals surface area contributed by atoms with Gasteiger partial charge in [-0.3, -0.25) is 19.1 Å². The van der Waals surface area contributed by atoms with Gasteiger partial charge in [0.2, 0.25) is 5.91 Å². The average Bonchev–Trinajstić information content (AvgIpc) is 3.37. The fourth-order valence-electron chi connectivity index (χ4n) is 3.36. The summed E-state index contributed by atoms with van der Waals surface area (Å²) in [5, 5.41) is 18.9. The number of rotatable bonds is 8. The highest BCUT2D eigenvalue weighted by Gasteiger charge is 2.38. The first-order valence-electron chi connectivity index (χ1n) is 10.3. The maximum absolute atomic E-state index is 11.6. The van der Waals surface area contributed by atoms with Crippen LogP contribution in [0.1, 0.15) is 43.6 Å². The zero-order chi connectivity index (χ0) is 24.6. The van der Waals surface area contributed by atoms with E-state index in [-0.39, 0.29) is 18.6 Å². The van der Waals surface area contributed by atoms with E-state index in [1.165, 1.54) is 18.4 Å². The summed E-state index contributed by atoms with van der Waals surface area (Å²) in [6.45, 7) is 7.62. The van der Waals surface area contributed by atoms with Crippen molar-refractivity contribution >= 4 is 11.9 Å². The van der Waals surface area contributed by atoms with Gasteiger partial charge >= 0.3 is 12.1 Å². The highest BCUT2D eigenvalue weighted by molar-refractivity contribution is 5.77. The molecule has 184 valence electrons. The molecule has 2 aromatic heterocycles. The number of aromatic nitrogens is 4. The third-order valence-electron chi connectivity index (χ3n) is 4.86. The van der Waals surface area contributed by atoms with E-state index in [4.69, 9.17) is 14.6 Å². The van der Waals surface area contributed by atoms with Crippen molar-refractivity contribution in [2.75, 3.05) is 26.8 Å². The van der Waals surface area contributed by atoms with Gasteiger partial charge in [0.05, 0.1) is 17.9 Å². The van der Waals surface area contributed by atoms with E-state index in [0.717, 1.165) is 26.1 Å². The van der Waals surface area contributed by atoms with Crippen molar-refractivity contribution < 1.29 is 32.6 Å². The largest absolute Gasteiger partial charge is 0.490 e. The molecule has 2 N–H and O–H groups in total. The Morgan fingerprint density at radius 3 is 2.61 bits per heavy atom. The molecule has 1 aliphatic rings. The molecule has 1 amide bonds.